The number of amides is 1. The Labute approximate surface area is 218 Å². The summed E-state index contributed by atoms with van der Waals surface area (Å²) >= 11 is 5.96. The fourth-order valence-electron chi connectivity index (χ4n) is 3.30. The number of rotatable bonds is 9. The fraction of sp³-hybridized carbons (Fsp3) is 0.160. The molecule has 3 rings (SSSR count). The van der Waals surface area contributed by atoms with Gasteiger partial charge in [-0.25, -0.2) is 18.0 Å². The fourth-order valence-corrected chi connectivity index (χ4v) is 4.84. The average Bonchev–Trinajstić information content (AvgIpc) is 2.91. The average molecular weight is 547 g/mol. The van der Waals surface area contributed by atoms with Crippen LogP contribution in [0.5, 0.6) is 5.75 Å². The van der Waals surface area contributed by atoms with Crippen LogP contribution in [0.25, 0.3) is 0 Å². The lowest BCUT2D eigenvalue weighted by atomic mass is 10.1. The number of hydrogen-bond donors (Lipinski definition) is 1. The van der Waals surface area contributed by atoms with Gasteiger partial charge in [-0.05, 0) is 66.7 Å². The number of methoxy groups -OCH3 is 3. The Morgan fingerprint density at radius 3 is 2.05 bits per heavy atom. The first-order valence-electron chi connectivity index (χ1n) is 10.6. The molecule has 1 N–H and O–H groups in total. The molecule has 3 aromatic rings. The van der Waals surface area contributed by atoms with Crippen molar-refractivity contribution < 1.29 is 37.0 Å². The van der Waals surface area contributed by atoms with Gasteiger partial charge in [-0.3, -0.25) is 9.10 Å². The van der Waals surface area contributed by atoms with Crippen LogP contribution in [0, 0.1) is 0 Å². The second-order valence-electron chi connectivity index (χ2n) is 7.46. The molecular formula is C25H23ClN2O8S. The topological polar surface area (TPSA) is 128 Å². The van der Waals surface area contributed by atoms with Crippen LogP contribution < -0.4 is 14.4 Å². The predicted octanol–water partition coefficient (Wildman–Crippen LogP) is 3.76. The molecule has 0 heterocycles. The molecule has 0 unspecified atom stereocenters. The van der Waals surface area contributed by atoms with Gasteiger partial charge in [0.1, 0.15) is 12.3 Å². The van der Waals surface area contributed by atoms with Gasteiger partial charge in [0.05, 0.1) is 48.7 Å². The van der Waals surface area contributed by atoms with Gasteiger partial charge in [-0.15, -0.1) is 0 Å². The summed E-state index contributed by atoms with van der Waals surface area (Å²) in [5.41, 5.74) is 0.134. The SMILES string of the molecule is COC(=O)c1ccc(C(=O)OC)c(NC(=O)CN(c2ccc(Cl)cc2)S(=O)(=O)c2ccc(OC)cc2)c1. The Balaban J connectivity index is 1.99. The van der Waals surface area contributed by atoms with Crippen LogP contribution in [-0.2, 0) is 24.3 Å². The lowest BCUT2D eigenvalue weighted by Crippen LogP contribution is -2.38. The van der Waals surface area contributed by atoms with Crippen molar-refractivity contribution in [3.63, 3.8) is 0 Å². The van der Waals surface area contributed by atoms with Gasteiger partial charge in [0.15, 0.2) is 0 Å². The highest BCUT2D eigenvalue weighted by Crippen LogP contribution is 2.27. The number of hydrogen-bond acceptors (Lipinski definition) is 8. The first-order valence-corrected chi connectivity index (χ1v) is 12.5. The minimum Gasteiger partial charge on any atom is -0.497 e. The predicted molar refractivity (Wildman–Crippen MR) is 137 cm³/mol. The molecule has 194 valence electrons. The number of anilines is 2. The van der Waals surface area contributed by atoms with Crippen molar-refractivity contribution in [2.75, 3.05) is 37.5 Å². The number of ether oxygens (including phenoxy) is 3. The summed E-state index contributed by atoms with van der Waals surface area (Å²) in [5, 5.41) is 2.87. The number of carbonyl (C=O) groups excluding carboxylic acids is 3. The highest BCUT2D eigenvalue weighted by atomic mass is 35.5. The standard InChI is InChI=1S/C25H23ClN2O8S/c1-34-19-9-11-20(12-10-19)37(32,33)28(18-7-5-17(26)6-8-18)15-23(29)27-22-14-16(24(30)35-2)4-13-21(22)25(31)36-3/h4-14H,15H2,1-3H3,(H,27,29). The Hall–Kier alpha value is -4.09. The monoisotopic (exact) mass is 546 g/mol. The van der Waals surface area contributed by atoms with E-state index in [-0.39, 0.29) is 27.4 Å². The van der Waals surface area contributed by atoms with E-state index in [2.05, 4.69) is 5.32 Å². The number of benzene rings is 3. The molecule has 0 aliphatic rings. The summed E-state index contributed by atoms with van der Waals surface area (Å²) in [5.74, 6) is -1.81. The van der Waals surface area contributed by atoms with Crippen LogP contribution in [0.1, 0.15) is 20.7 Å². The third kappa shape index (κ3) is 6.38. The molecule has 0 saturated carbocycles. The summed E-state index contributed by atoms with van der Waals surface area (Å²) in [6, 6.07) is 15.4. The van der Waals surface area contributed by atoms with Gasteiger partial charge in [0.2, 0.25) is 5.91 Å². The lowest BCUT2D eigenvalue weighted by Gasteiger charge is -2.24. The first kappa shape index (κ1) is 27.5. The quantitative estimate of drug-likeness (QED) is 0.402. The second-order valence-corrected chi connectivity index (χ2v) is 9.75. The van der Waals surface area contributed by atoms with E-state index >= 15 is 0 Å². The van der Waals surface area contributed by atoms with Crippen LogP contribution in [0.15, 0.2) is 71.6 Å². The van der Waals surface area contributed by atoms with Crippen LogP contribution in [0.3, 0.4) is 0 Å². The highest BCUT2D eigenvalue weighted by molar-refractivity contribution is 7.92. The molecular weight excluding hydrogens is 524 g/mol. The number of nitrogens with one attached hydrogen (secondary N) is 1. The molecule has 0 radical (unpaired) electrons. The molecule has 0 fully saturated rings. The van der Waals surface area contributed by atoms with E-state index in [4.69, 9.17) is 25.8 Å². The van der Waals surface area contributed by atoms with Crippen LogP contribution >= 0.6 is 11.6 Å². The maximum Gasteiger partial charge on any atom is 0.339 e. The van der Waals surface area contributed by atoms with Gasteiger partial charge < -0.3 is 19.5 Å². The van der Waals surface area contributed by atoms with Crippen molar-refractivity contribution in [2.45, 2.75) is 4.90 Å². The lowest BCUT2D eigenvalue weighted by molar-refractivity contribution is -0.114. The Morgan fingerprint density at radius 2 is 1.49 bits per heavy atom. The molecule has 3 aromatic carbocycles. The summed E-state index contributed by atoms with van der Waals surface area (Å²) in [6.45, 7) is -0.668. The zero-order valence-corrected chi connectivity index (χ0v) is 21.6. The van der Waals surface area contributed by atoms with Crippen molar-refractivity contribution in [2.24, 2.45) is 0 Å². The maximum absolute atomic E-state index is 13.5. The molecule has 1 amide bonds. The van der Waals surface area contributed by atoms with Crippen molar-refractivity contribution in [3.05, 3.63) is 82.9 Å². The Morgan fingerprint density at radius 1 is 0.865 bits per heavy atom. The molecule has 12 heteroatoms. The van der Waals surface area contributed by atoms with E-state index in [1.54, 1.807) is 0 Å². The third-order valence-electron chi connectivity index (χ3n) is 5.17. The van der Waals surface area contributed by atoms with Crippen LogP contribution in [0.2, 0.25) is 5.02 Å². The molecule has 0 bridgehead atoms. The smallest absolute Gasteiger partial charge is 0.339 e. The van der Waals surface area contributed by atoms with E-state index in [0.717, 1.165) is 11.4 Å². The van der Waals surface area contributed by atoms with Gasteiger partial charge >= 0.3 is 11.9 Å². The Kier molecular flexibility index (Phi) is 8.74. The molecule has 0 spiro atoms. The van der Waals surface area contributed by atoms with E-state index in [9.17, 15) is 22.8 Å². The second kappa shape index (κ2) is 11.8. The summed E-state index contributed by atoms with van der Waals surface area (Å²) in [7, 11) is -0.436. The number of sulfonamides is 1. The molecule has 0 atom stereocenters. The number of nitrogens with zero attached hydrogens (tertiary/aromatic N) is 1. The summed E-state index contributed by atoms with van der Waals surface area (Å²) in [4.78, 5) is 37.2. The van der Waals surface area contributed by atoms with E-state index in [1.165, 1.54) is 80.9 Å². The van der Waals surface area contributed by atoms with Crippen molar-refractivity contribution in [1.29, 1.82) is 0 Å². The summed E-state index contributed by atoms with van der Waals surface area (Å²) in [6.07, 6.45) is 0. The molecule has 37 heavy (non-hydrogen) atoms. The maximum atomic E-state index is 13.5. The third-order valence-corrected chi connectivity index (χ3v) is 7.21. The van der Waals surface area contributed by atoms with Crippen molar-refractivity contribution in [1.82, 2.24) is 0 Å². The van der Waals surface area contributed by atoms with E-state index in [1.807, 2.05) is 0 Å². The summed E-state index contributed by atoms with van der Waals surface area (Å²) < 4.78 is 42.5. The largest absolute Gasteiger partial charge is 0.497 e. The van der Waals surface area contributed by atoms with Gasteiger partial charge in [0, 0.05) is 5.02 Å². The van der Waals surface area contributed by atoms with E-state index in [0.29, 0.717) is 10.8 Å². The molecule has 0 aromatic heterocycles. The molecule has 0 aliphatic carbocycles. The minimum absolute atomic E-state index is 0.0421. The molecule has 0 aliphatic heterocycles. The zero-order valence-electron chi connectivity index (χ0n) is 20.1. The number of halogens is 1. The van der Waals surface area contributed by atoms with Gasteiger partial charge in [-0.2, -0.15) is 0 Å². The number of carbonyl (C=O) groups is 3. The van der Waals surface area contributed by atoms with Gasteiger partial charge in [-0.1, -0.05) is 11.6 Å². The molecule has 10 nitrogen and oxygen atoms in total. The van der Waals surface area contributed by atoms with Gasteiger partial charge in [0.25, 0.3) is 10.0 Å². The van der Waals surface area contributed by atoms with Crippen molar-refractivity contribution in [3.8, 4) is 5.75 Å². The normalized spacial score (nSPS) is 10.8. The van der Waals surface area contributed by atoms with Crippen molar-refractivity contribution >= 4 is 50.8 Å². The minimum atomic E-state index is -4.23. The zero-order chi connectivity index (χ0) is 27.2. The van der Waals surface area contributed by atoms with Crippen LogP contribution in [0.4, 0.5) is 11.4 Å². The highest BCUT2D eigenvalue weighted by Gasteiger charge is 2.28. The Bertz CT molecular complexity index is 1410. The van der Waals surface area contributed by atoms with E-state index < -0.39 is 34.4 Å². The first-order chi connectivity index (χ1) is 17.6. The molecule has 0 saturated heterocycles. The van der Waals surface area contributed by atoms with Crippen LogP contribution in [-0.4, -0.2) is 54.1 Å². The number of esters is 2.